The molecule has 0 atom stereocenters. The molecule has 0 bridgehead atoms. The normalized spacial score (nSPS) is 10.3. The van der Waals surface area contributed by atoms with E-state index in [0.717, 1.165) is 5.56 Å². The number of rotatable bonds is 5. The molecule has 18 heavy (non-hydrogen) atoms. The molecule has 1 aromatic carbocycles. The zero-order valence-corrected chi connectivity index (χ0v) is 10.3. The molecule has 6 heteroatoms. The van der Waals surface area contributed by atoms with Crippen molar-refractivity contribution in [1.29, 1.82) is 0 Å². The van der Waals surface area contributed by atoms with Crippen LogP contribution >= 0.6 is 0 Å². The van der Waals surface area contributed by atoms with Gasteiger partial charge in [0.25, 0.3) is 0 Å². The van der Waals surface area contributed by atoms with Crippen molar-refractivity contribution in [2.45, 2.75) is 13.5 Å². The van der Waals surface area contributed by atoms with Crippen molar-refractivity contribution in [3.05, 3.63) is 29.8 Å². The summed E-state index contributed by atoms with van der Waals surface area (Å²) in [7, 11) is 0. The molecule has 1 rings (SSSR count). The molecule has 6 nitrogen and oxygen atoms in total. The molecule has 98 valence electrons. The van der Waals surface area contributed by atoms with E-state index in [1.54, 1.807) is 6.07 Å². The Labute approximate surface area is 106 Å². The summed E-state index contributed by atoms with van der Waals surface area (Å²) in [6.07, 6.45) is 0. The molecule has 0 saturated heterocycles. The summed E-state index contributed by atoms with van der Waals surface area (Å²) in [5, 5.41) is 2.04. The summed E-state index contributed by atoms with van der Waals surface area (Å²) < 4.78 is 0. The summed E-state index contributed by atoms with van der Waals surface area (Å²) in [6.45, 7) is 3.33. The fourth-order valence-corrected chi connectivity index (χ4v) is 1.61. The van der Waals surface area contributed by atoms with Gasteiger partial charge in [0.15, 0.2) is 0 Å². The molecule has 0 saturated carbocycles. The fraction of sp³-hybridized carbons (Fsp3) is 0.333. The van der Waals surface area contributed by atoms with Gasteiger partial charge in [0.2, 0.25) is 5.91 Å². The smallest absolute Gasteiger partial charge is 0.318 e. The molecular formula is C12H18N4O2. The monoisotopic (exact) mass is 250 g/mol. The lowest BCUT2D eigenvalue weighted by molar-refractivity contribution is -0.121. The lowest BCUT2D eigenvalue weighted by atomic mass is 10.2. The highest BCUT2D eigenvalue weighted by Crippen LogP contribution is 2.09. The summed E-state index contributed by atoms with van der Waals surface area (Å²) in [4.78, 5) is 23.8. The highest BCUT2D eigenvalue weighted by molar-refractivity contribution is 5.94. The third-order valence-corrected chi connectivity index (χ3v) is 2.43. The van der Waals surface area contributed by atoms with Crippen LogP contribution in [0.4, 0.5) is 10.5 Å². The van der Waals surface area contributed by atoms with Crippen LogP contribution in [0.5, 0.6) is 0 Å². The van der Waals surface area contributed by atoms with Gasteiger partial charge in [-0.05, 0) is 24.2 Å². The first-order valence-corrected chi connectivity index (χ1v) is 5.67. The molecule has 0 aliphatic carbocycles. The largest absolute Gasteiger partial charge is 0.399 e. The number of likely N-dealkylation sites (N-methyl/N-ethyl adjacent to an activating group) is 1. The van der Waals surface area contributed by atoms with Crippen LogP contribution in [0.25, 0.3) is 0 Å². The van der Waals surface area contributed by atoms with Crippen LogP contribution in [0, 0.1) is 0 Å². The number of nitrogens with two attached hydrogens (primary N) is 2. The maximum absolute atomic E-state index is 11.4. The van der Waals surface area contributed by atoms with Gasteiger partial charge in [0, 0.05) is 12.2 Å². The van der Waals surface area contributed by atoms with Crippen LogP contribution in [0.2, 0.25) is 0 Å². The first-order valence-electron chi connectivity index (χ1n) is 5.67. The number of hydrogen-bond acceptors (Lipinski definition) is 4. The Balaban J connectivity index is 2.57. The van der Waals surface area contributed by atoms with Crippen LogP contribution in [0.1, 0.15) is 12.5 Å². The van der Waals surface area contributed by atoms with E-state index in [1.807, 2.05) is 35.3 Å². The second-order valence-electron chi connectivity index (χ2n) is 3.96. The number of anilines is 1. The van der Waals surface area contributed by atoms with Gasteiger partial charge in [-0.2, -0.15) is 0 Å². The Kier molecular flexibility index (Phi) is 5.13. The minimum atomic E-state index is -0.833. The highest BCUT2D eigenvalue weighted by atomic mass is 16.2. The molecule has 0 unspecified atom stereocenters. The average Bonchev–Trinajstić information content (AvgIpc) is 2.27. The predicted molar refractivity (Wildman–Crippen MR) is 69.5 cm³/mol. The molecule has 0 aromatic heterocycles. The Morgan fingerprint density at radius 2 is 2.11 bits per heavy atom. The Morgan fingerprint density at radius 3 is 2.67 bits per heavy atom. The summed E-state index contributed by atoms with van der Waals surface area (Å²) in [5.74, 6) is -0.409. The molecule has 0 spiro atoms. The first-order chi connectivity index (χ1) is 8.51. The number of urea groups is 1. The van der Waals surface area contributed by atoms with Gasteiger partial charge >= 0.3 is 6.03 Å². The third kappa shape index (κ3) is 4.84. The zero-order valence-electron chi connectivity index (χ0n) is 10.3. The number of amides is 3. The van der Waals surface area contributed by atoms with Crippen molar-refractivity contribution in [3.8, 4) is 0 Å². The van der Waals surface area contributed by atoms with E-state index < -0.39 is 11.9 Å². The zero-order chi connectivity index (χ0) is 13.5. The topological polar surface area (TPSA) is 101 Å². The number of primary amides is 1. The molecule has 0 fully saturated rings. The molecule has 1 aromatic rings. The predicted octanol–water partition coefficient (Wildman–Crippen LogP) is 0.286. The molecule has 0 heterocycles. The Morgan fingerprint density at radius 1 is 1.39 bits per heavy atom. The minimum Gasteiger partial charge on any atom is -0.399 e. The Bertz CT molecular complexity index is 434. The van der Waals surface area contributed by atoms with Gasteiger partial charge < -0.3 is 11.5 Å². The third-order valence-electron chi connectivity index (χ3n) is 2.43. The van der Waals surface area contributed by atoms with E-state index in [1.165, 1.54) is 0 Å². The SMILES string of the molecule is CCN(CC(=O)NC(N)=O)Cc1cccc(N)c1. The fourth-order valence-electron chi connectivity index (χ4n) is 1.61. The van der Waals surface area contributed by atoms with Gasteiger partial charge in [-0.3, -0.25) is 15.0 Å². The van der Waals surface area contributed by atoms with Gasteiger partial charge in [-0.15, -0.1) is 0 Å². The maximum Gasteiger partial charge on any atom is 0.318 e. The maximum atomic E-state index is 11.4. The number of carbonyl (C=O) groups excluding carboxylic acids is 2. The standard InChI is InChI=1S/C12H18N4O2/c1-2-16(8-11(17)15-12(14)18)7-9-4-3-5-10(13)6-9/h3-6H,2,7-8,13H2,1H3,(H3,14,15,17,18). The number of nitrogen functional groups attached to an aromatic ring is 1. The van der Waals surface area contributed by atoms with Crippen LogP contribution in [0.3, 0.4) is 0 Å². The van der Waals surface area contributed by atoms with Crippen molar-refractivity contribution < 1.29 is 9.59 Å². The van der Waals surface area contributed by atoms with Gasteiger partial charge in [-0.1, -0.05) is 19.1 Å². The number of hydrogen-bond donors (Lipinski definition) is 3. The van der Waals surface area contributed by atoms with Gasteiger partial charge in [-0.25, -0.2) is 4.79 Å². The molecule has 0 aliphatic rings. The van der Waals surface area contributed by atoms with E-state index in [4.69, 9.17) is 11.5 Å². The van der Waals surface area contributed by atoms with Crippen molar-refractivity contribution in [1.82, 2.24) is 10.2 Å². The van der Waals surface area contributed by atoms with E-state index in [0.29, 0.717) is 18.8 Å². The van der Waals surface area contributed by atoms with E-state index in [2.05, 4.69) is 0 Å². The number of nitrogens with one attached hydrogen (secondary N) is 1. The number of imide groups is 1. The van der Waals surface area contributed by atoms with E-state index >= 15 is 0 Å². The summed E-state index contributed by atoms with van der Waals surface area (Å²) in [5.41, 5.74) is 12.3. The van der Waals surface area contributed by atoms with Crippen molar-refractivity contribution in [2.75, 3.05) is 18.8 Å². The Hall–Kier alpha value is -2.08. The lowest BCUT2D eigenvalue weighted by Crippen LogP contribution is -2.42. The summed E-state index contributed by atoms with van der Waals surface area (Å²) >= 11 is 0. The second-order valence-corrected chi connectivity index (χ2v) is 3.96. The first kappa shape index (κ1) is 14.0. The van der Waals surface area contributed by atoms with Crippen molar-refractivity contribution in [3.63, 3.8) is 0 Å². The van der Waals surface area contributed by atoms with Gasteiger partial charge in [0.1, 0.15) is 0 Å². The molecular weight excluding hydrogens is 232 g/mol. The highest BCUT2D eigenvalue weighted by Gasteiger charge is 2.10. The molecule has 3 amide bonds. The van der Waals surface area contributed by atoms with E-state index in [9.17, 15) is 9.59 Å². The number of nitrogens with zero attached hydrogens (tertiary/aromatic N) is 1. The lowest BCUT2D eigenvalue weighted by Gasteiger charge is -2.19. The average molecular weight is 250 g/mol. The van der Waals surface area contributed by atoms with Crippen LogP contribution in [0.15, 0.2) is 24.3 Å². The minimum absolute atomic E-state index is 0.119. The molecule has 0 radical (unpaired) electrons. The van der Waals surface area contributed by atoms with E-state index in [-0.39, 0.29) is 6.54 Å². The van der Waals surface area contributed by atoms with Crippen LogP contribution in [-0.4, -0.2) is 29.9 Å². The number of benzene rings is 1. The van der Waals surface area contributed by atoms with Crippen molar-refractivity contribution in [2.24, 2.45) is 5.73 Å². The second kappa shape index (κ2) is 6.61. The van der Waals surface area contributed by atoms with Gasteiger partial charge in [0.05, 0.1) is 6.54 Å². The van der Waals surface area contributed by atoms with Crippen LogP contribution < -0.4 is 16.8 Å². The van der Waals surface area contributed by atoms with Crippen molar-refractivity contribution >= 4 is 17.6 Å². The summed E-state index contributed by atoms with van der Waals surface area (Å²) in [6, 6.07) is 6.63. The molecule has 0 aliphatic heterocycles. The molecule has 5 N–H and O–H groups in total. The quantitative estimate of drug-likeness (QED) is 0.653. The van der Waals surface area contributed by atoms with Crippen LogP contribution in [-0.2, 0) is 11.3 Å². The number of carbonyl (C=O) groups is 2.